The maximum atomic E-state index is 14.0. The van der Waals surface area contributed by atoms with E-state index < -0.39 is 0 Å². The summed E-state index contributed by atoms with van der Waals surface area (Å²) >= 11 is 0. The molecule has 1 atom stereocenters. The first-order chi connectivity index (χ1) is 14.6. The van der Waals surface area contributed by atoms with Crippen molar-refractivity contribution < 1.29 is 18.3 Å². The Labute approximate surface area is 175 Å². The van der Waals surface area contributed by atoms with E-state index in [1.54, 1.807) is 30.3 Å². The maximum Gasteiger partial charge on any atom is 0.287 e. The third kappa shape index (κ3) is 4.78. The van der Waals surface area contributed by atoms with Crippen LogP contribution in [0.4, 0.5) is 4.39 Å². The van der Waals surface area contributed by atoms with E-state index in [0.29, 0.717) is 31.1 Å². The van der Waals surface area contributed by atoms with Gasteiger partial charge in [-0.3, -0.25) is 9.69 Å². The molecule has 0 bridgehead atoms. The number of hydrogen-bond donors (Lipinski definition) is 1. The molecule has 1 aromatic heterocycles. The lowest BCUT2D eigenvalue weighted by atomic mass is 10.0. The smallest absolute Gasteiger partial charge is 0.287 e. The molecule has 5 nitrogen and oxygen atoms in total. The Kier molecular flexibility index (Phi) is 6.26. The lowest BCUT2D eigenvalue weighted by Crippen LogP contribution is -2.43. The number of carbonyl (C=O) groups is 1. The predicted octanol–water partition coefficient (Wildman–Crippen LogP) is 4.20. The second-order valence-corrected chi connectivity index (χ2v) is 7.49. The molecule has 4 rings (SSSR count). The van der Waals surface area contributed by atoms with E-state index in [4.69, 9.17) is 9.15 Å². The third-order valence-corrected chi connectivity index (χ3v) is 5.30. The highest BCUT2D eigenvalue weighted by Gasteiger charge is 2.22. The summed E-state index contributed by atoms with van der Waals surface area (Å²) in [4.78, 5) is 15.2. The van der Waals surface area contributed by atoms with Gasteiger partial charge in [0.1, 0.15) is 11.6 Å². The number of rotatable bonds is 6. The zero-order valence-electron chi connectivity index (χ0n) is 16.9. The number of ether oxygens (including phenoxy) is 1. The lowest BCUT2D eigenvalue weighted by molar-refractivity contribution is 0.0331. The van der Waals surface area contributed by atoms with Crippen molar-refractivity contribution >= 4 is 5.91 Å². The number of amides is 1. The first-order valence-corrected chi connectivity index (χ1v) is 10.1. The molecule has 1 aliphatic heterocycles. The van der Waals surface area contributed by atoms with Crippen molar-refractivity contribution in [2.24, 2.45) is 0 Å². The van der Waals surface area contributed by atoms with Crippen molar-refractivity contribution in [3.63, 3.8) is 0 Å². The van der Waals surface area contributed by atoms with Crippen molar-refractivity contribution in [2.75, 3.05) is 32.8 Å². The van der Waals surface area contributed by atoms with E-state index in [1.165, 1.54) is 6.07 Å². The van der Waals surface area contributed by atoms with Gasteiger partial charge in [-0.2, -0.15) is 0 Å². The summed E-state index contributed by atoms with van der Waals surface area (Å²) in [5.41, 5.74) is 2.53. The molecule has 156 valence electrons. The molecule has 6 heteroatoms. The summed E-state index contributed by atoms with van der Waals surface area (Å²) in [5.74, 6) is -0.217. The molecule has 0 aliphatic carbocycles. The van der Waals surface area contributed by atoms with Crippen LogP contribution in [0.15, 0.2) is 65.1 Å². The molecule has 1 N–H and O–H groups in total. The molecule has 0 saturated carbocycles. The highest BCUT2D eigenvalue weighted by atomic mass is 19.1. The lowest BCUT2D eigenvalue weighted by Gasteiger charge is -2.31. The van der Waals surface area contributed by atoms with Gasteiger partial charge in [-0.1, -0.05) is 42.0 Å². The highest BCUT2D eigenvalue weighted by molar-refractivity contribution is 5.92. The average molecular weight is 408 g/mol. The molecular weight excluding hydrogens is 383 g/mol. The molecule has 1 amide bonds. The predicted molar refractivity (Wildman–Crippen MR) is 113 cm³/mol. The van der Waals surface area contributed by atoms with Crippen molar-refractivity contribution in [1.82, 2.24) is 10.2 Å². The van der Waals surface area contributed by atoms with Crippen LogP contribution in [0.1, 0.15) is 27.7 Å². The summed E-state index contributed by atoms with van der Waals surface area (Å²) in [7, 11) is 0. The molecular formula is C24H25FN2O3. The molecule has 2 aromatic carbocycles. The number of furan rings is 1. The number of morpholine rings is 1. The molecule has 30 heavy (non-hydrogen) atoms. The van der Waals surface area contributed by atoms with Gasteiger partial charge in [-0.15, -0.1) is 0 Å². The molecule has 1 fully saturated rings. The normalized spacial score (nSPS) is 15.7. The van der Waals surface area contributed by atoms with Gasteiger partial charge in [-0.05, 0) is 36.8 Å². The van der Waals surface area contributed by atoms with Gasteiger partial charge in [0.05, 0.1) is 24.8 Å². The van der Waals surface area contributed by atoms with Crippen LogP contribution in [0.5, 0.6) is 0 Å². The number of benzene rings is 2. The van der Waals surface area contributed by atoms with Gasteiger partial charge in [0.25, 0.3) is 5.91 Å². The van der Waals surface area contributed by atoms with Gasteiger partial charge >= 0.3 is 0 Å². The van der Waals surface area contributed by atoms with Crippen LogP contribution in [0.25, 0.3) is 11.3 Å². The number of nitrogens with zero attached hydrogens (tertiary/aromatic N) is 1. The molecule has 1 aliphatic rings. The minimum Gasteiger partial charge on any atom is -0.451 e. The van der Waals surface area contributed by atoms with Crippen molar-refractivity contribution in [3.05, 3.63) is 83.4 Å². The Bertz CT molecular complexity index is 994. The van der Waals surface area contributed by atoms with Crippen LogP contribution in [-0.2, 0) is 4.74 Å². The van der Waals surface area contributed by atoms with Crippen LogP contribution in [0.3, 0.4) is 0 Å². The SMILES string of the molecule is Cc1ccc([C@H](CN2CCOCC2)NC(=O)c2ccc(-c3ccccc3F)o2)cc1. The van der Waals surface area contributed by atoms with E-state index in [0.717, 1.165) is 24.2 Å². The summed E-state index contributed by atoms with van der Waals surface area (Å²) in [6.45, 7) is 5.76. The minimum absolute atomic E-state index is 0.160. The standard InChI is InChI=1S/C24H25FN2O3/c1-17-6-8-18(9-7-17)21(16-27-12-14-29-15-13-27)26-24(28)23-11-10-22(30-23)19-4-2-3-5-20(19)25/h2-11,21H,12-16H2,1H3,(H,26,28)/t21-/m0/s1. The number of aryl methyl sites for hydroxylation is 1. The summed E-state index contributed by atoms with van der Waals surface area (Å²) in [6.07, 6.45) is 0. The Morgan fingerprint density at radius 3 is 2.53 bits per heavy atom. The van der Waals surface area contributed by atoms with Gasteiger partial charge in [0, 0.05) is 19.6 Å². The van der Waals surface area contributed by atoms with E-state index >= 15 is 0 Å². The monoisotopic (exact) mass is 408 g/mol. The van der Waals surface area contributed by atoms with E-state index in [9.17, 15) is 9.18 Å². The summed E-state index contributed by atoms with van der Waals surface area (Å²) in [6, 6.07) is 17.5. The molecule has 0 unspecified atom stereocenters. The first kappa shape index (κ1) is 20.3. The van der Waals surface area contributed by atoms with E-state index in [2.05, 4.69) is 10.2 Å². The number of hydrogen-bond acceptors (Lipinski definition) is 4. The molecule has 1 saturated heterocycles. The quantitative estimate of drug-likeness (QED) is 0.664. The first-order valence-electron chi connectivity index (χ1n) is 10.1. The average Bonchev–Trinajstić information content (AvgIpc) is 3.25. The van der Waals surface area contributed by atoms with Crippen molar-refractivity contribution in [3.8, 4) is 11.3 Å². The van der Waals surface area contributed by atoms with Crippen molar-refractivity contribution in [1.29, 1.82) is 0 Å². The van der Waals surface area contributed by atoms with Crippen LogP contribution in [0, 0.1) is 12.7 Å². The number of halogens is 1. The fraction of sp³-hybridized carbons (Fsp3) is 0.292. The largest absolute Gasteiger partial charge is 0.451 e. The van der Waals surface area contributed by atoms with Gasteiger partial charge in [0.2, 0.25) is 0 Å². The Morgan fingerprint density at radius 2 is 1.80 bits per heavy atom. The van der Waals surface area contributed by atoms with Gasteiger partial charge in [0.15, 0.2) is 5.76 Å². The van der Waals surface area contributed by atoms with E-state index in [1.807, 2.05) is 31.2 Å². The Morgan fingerprint density at radius 1 is 1.07 bits per heavy atom. The topological polar surface area (TPSA) is 54.7 Å². The zero-order chi connectivity index (χ0) is 20.9. The molecule has 2 heterocycles. The third-order valence-electron chi connectivity index (χ3n) is 5.30. The minimum atomic E-state index is -0.386. The Balaban J connectivity index is 1.52. The Hall–Kier alpha value is -2.96. The fourth-order valence-corrected chi connectivity index (χ4v) is 3.57. The number of carbonyl (C=O) groups excluding carboxylic acids is 1. The fourth-order valence-electron chi connectivity index (χ4n) is 3.57. The zero-order valence-corrected chi connectivity index (χ0v) is 16.9. The number of nitrogens with one attached hydrogen (secondary N) is 1. The summed E-state index contributed by atoms with van der Waals surface area (Å²) < 4.78 is 25.1. The van der Waals surface area contributed by atoms with Crippen LogP contribution < -0.4 is 5.32 Å². The van der Waals surface area contributed by atoms with Gasteiger partial charge in [-0.25, -0.2) is 4.39 Å². The second-order valence-electron chi connectivity index (χ2n) is 7.49. The highest BCUT2D eigenvalue weighted by Crippen LogP contribution is 2.25. The van der Waals surface area contributed by atoms with Crippen LogP contribution in [0.2, 0.25) is 0 Å². The summed E-state index contributed by atoms with van der Waals surface area (Å²) in [5, 5.41) is 3.09. The molecule has 3 aromatic rings. The van der Waals surface area contributed by atoms with Gasteiger partial charge < -0.3 is 14.5 Å². The second kappa shape index (κ2) is 9.24. The van der Waals surface area contributed by atoms with E-state index in [-0.39, 0.29) is 23.5 Å². The maximum absolute atomic E-state index is 14.0. The molecule has 0 spiro atoms. The van der Waals surface area contributed by atoms with Crippen LogP contribution in [-0.4, -0.2) is 43.7 Å². The molecule has 0 radical (unpaired) electrons. The van der Waals surface area contributed by atoms with Crippen molar-refractivity contribution in [2.45, 2.75) is 13.0 Å². The van der Waals surface area contributed by atoms with Crippen LogP contribution >= 0.6 is 0 Å².